The van der Waals surface area contributed by atoms with Crippen LogP contribution >= 0.6 is 0 Å². The predicted molar refractivity (Wildman–Crippen MR) is 107 cm³/mol. The van der Waals surface area contributed by atoms with E-state index in [0.717, 1.165) is 30.4 Å². The first-order valence-electron chi connectivity index (χ1n) is 9.51. The summed E-state index contributed by atoms with van der Waals surface area (Å²) < 4.78 is 26.5. The molecule has 0 saturated carbocycles. The zero-order chi connectivity index (χ0) is 18.8. The summed E-state index contributed by atoms with van der Waals surface area (Å²) >= 11 is 0. The predicted octanol–water partition coefficient (Wildman–Crippen LogP) is 4.74. The Labute approximate surface area is 157 Å². The quantitative estimate of drug-likeness (QED) is 0.826. The molecule has 4 heteroatoms. The third-order valence-electron chi connectivity index (χ3n) is 5.49. The first-order chi connectivity index (χ1) is 12.4. The lowest BCUT2D eigenvalue weighted by Gasteiger charge is -2.36. The minimum atomic E-state index is -3.35. The van der Waals surface area contributed by atoms with Gasteiger partial charge >= 0.3 is 0 Å². The highest BCUT2D eigenvalue weighted by molar-refractivity contribution is 7.91. The van der Waals surface area contributed by atoms with Crippen molar-refractivity contribution in [2.75, 3.05) is 5.75 Å². The molecule has 2 aromatic rings. The molecule has 0 spiro atoms. The van der Waals surface area contributed by atoms with Gasteiger partial charge in [0, 0.05) is 5.54 Å². The van der Waals surface area contributed by atoms with E-state index in [-0.39, 0.29) is 11.8 Å². The molecule has 0 saturated heterocycles. The third-order valence-corrected chi connectivity index (χ3v) is 7.47. The van der Waals surface area contributed by atoms with Gasteiger partial charge in [-0.15, -0.1) is 0 Å². The van der Waals surface area contributed by atoms with Crippen molar-refractivity contribution < 1.29 is 8.42 Å². The molecular weight excluding hydrogens is 342 g/mol. The first kappa shape index (κ1) is 19.1. The van der Waals surface area contributed by atoms with Gasteiger partial charge in [-0.3, -0.25) is 5.32 Å². The molecular formula is C22H29NO2S. The zero-order valence-electron chi connectivity index (χ0n) is 15.9. The van der Waals surface area contributed by atoms with Crippen LogP contribution in [0.25, 0.3) is 0 Å². The van der Waals surface area contributed by atoms with E-state index in [1.165, 1.54) is 0 Å². The van der Waals surface area contributed by atoms with Crippen molar-refractivity contribution in [3.63, 3.8) is 0 Å². The summed E-state index contributed by atoms with van der Waals surface area (Å²) in [6.45, 7) is 6.48. The molecule has 1 heterocycles. The van der Waals surface area contributed by atoms with Gasteiger partial charge in [0.15, 0.2) is 9.84 Å². The van der Waals surface area contributed by atoms with Crippen LogP contribution in [0.2, 0.25) is 0 Å². The number of rotatable bonds is 5. The summed E-state index contributed by atoms with van der Waals surface area (Å²) in [5.41, 5.74) is 1.56. The van der Waals surface area contributed by atoms with Gasteiger partial charge in [-0.2, -0.15) is 0 Å². The second-order valence-corrected chi connectivity index (χ2v) is 9.81. The first-order valence-corrected chi connectivity index (χ1v) is 11.2. The van der Waals surface area contributed by atoms with Crippen LogP contribution in [0.4, 0.5) is 0 Å². The van der Waals surface area contributed by atoms with Gasteiger partial charge in [-0.25, -0.2) is 8.42 Å². The highest BCUT2D eigenvalue weighted by Crippen LogP contribution is 2.38. The Morgan fingerprint density at radius 2 is 1.73 bits per heavy atom. The van der Waals surface area contributed by atoms with E-state index in [1.54, 1.807) is 6.07 Å². The molecule has 3 nitrogen and oxygen atoms in total. The fraction of sp³-hybridized carbons (Fsp3) is 0.455. The summed E-state index contributed by atoms with van der Waals surface area (Å²) in [6, 6.07) is 17.5. The maximum Gasteiger partial charge on any atom is 0.180 e. The topological polar surface area (TPSA) is 46.2 Å². The lowest BCUT2D eigenvalue weighted by molar-refractivity contribution is 0.282. The van der Waals surface area contributed by atoms with Crippen molar-refractivity contribution in [1.82, 2.24) is 5.32 Å². The molecule has 2 aromatic carbocycles. The normalized spacial score (nSPS) is 24.8. The molecule has 2 atom stereocenters. The Kier molecular flexibility index (Phi) is 5.54. The molecule has 140 valence electrons. The molecule has 0 bridgehead atoms. The van der Waals surface area contributed by atoms with E-state index >= 15 is 0 Å². The fourth-order valence-electron chi connectivity index (χ4n) is 3.87. The van der Waals surface area contributed by atoms with Crippen molar-refractivity contribution in [3.8, 4) is 0 Å². The summed E-state index contributed by atoms with van der Waals surface area (Å²) in [5, 5.41) is 3.78. The second kappa shape index (κ2) is 7.53. The lowest BCUT2D eigenvalue weighted by atomic mass is 9.86. The average Bonchev–Trinajstić information content (AvgIpc) is 2.74. The van der Waals surface area contributed by atoms with E-state index in [9.17, 15) is 8.42 Å². The van der Waals surface area contributed by atoms with Crippen molar-refractivity contribution in [3.05, 3.63) is 65.7 Å². The Hall–Kier alpha value is -1.65. The third kappa shape index (κ3) is 3.86. The van der Waals surface area contributed by atoms with Gasteiger partial charge in [0.2, 0.25) is 0 Å². The van der Waals surface area contributed by atoms with Crippen LogP contribution in [0.5, 0.6) is 0 Å². The largest absolute Gasteiger partial charge is 0.300 e. The molecule has 1 aliphatic heterocycles. The van der Waals surface area contributed by atoms with Gasteiger partial charge in [-0.05, 0) is 42.4 Å². The minimum Gasteiger partial charge on any atom is -0.300 e. The van der Waals surface area contributed by atoms with Gasteiger partial charge in [0.05, 0.1) is 16.7 Å². The molecule has 0 unspecified atom stereocenters. The summed E-state index contributed by atoms with van der Waals surface area (Å²) in [5.74, 6) is 0.701. The van der Waals surface area contributed by atoms with Crippen molar-refractivity contribution in [2.45, 2.75) is 56.5 Å². The van der Waals surface area contributed by atoms with Crippen LogP contribution in [0, 0.1) is 5.92 Å². The van der Waals surface area contributed by atoms with Crippen LogP contribution in [-0.2, 0) is 9.84 Å². The monoisotopic (exact) mass is 371 g/mol. The smallest absolute Gasteiger partial charge is 0.180 e. The van der Waals surface area contributed by atoms with Gasteiger partial charge < -0.3 is 0 Å². The minimum absolute atomic E-state index is 0.114. The van der Waals surface area contributed by atoms with E-state index < -0.39 is 15.4 Å². The standard InChI is InChI=1S/C22H29NO2S/c1-4-22(15-14-17(2)3)16-26(24,25)20-13-9-8-12-19(20)21(23-22)18-10-6-5-7-11-18/h5-13,17,21,23H,4,14-16H2,1-3H3/t21-,22+/m1/s1. The number of fused-ring (bicyclic) bond motifs is 1. The number of nitrogens with one attached hydrogen (secondary N) is 1. The number of hydrogen-bond acceptors (Lipinski definition) is 3. The molecule has 0 amide bonds. The van der Waals surface area contributed by atoms with Gasteiger partial charge in [0.25, 0.3) is 0 Å². The van der Waals surface area contributed by atoms with Crippen LogP contribution in [0.3, 0.4) is 0 Å². The molecule has 0 fully saturated rings. The SMILES string of the molecule is CC[C@]1(CCC(C)C)CS(=O)(=O)c2ccccc2[C@@H](c2ccccc2)N1. The highest BCUT2D eigenvalue weighted by atomic mass is 32.2. The van der Waals surface area contributed by atoms with Crippen molar-refractivity contribution in [1.29, 1.82) is 0 Å². The van der Waals surface area contributed by atoms with Crippen LogP contribution in [0.1, 0.15) is 57.2 Å². The van der Waals surface area contributed by atoms with Gasteiger partial charge in [-0.1, -0.05) is 69.3 Å². The second-order valence-electron chi connectivity index (χ2n) is 7.85. The van der Waals surface area contributed by atoms with E-state index in [0.29, 0.717) is 10.8 Å². The fourth-order valence-corrected chi connectivity index (χ4v) is 6.01. The van der Waals surface area contributed by atoms with Gasteiger partial charge in [0.1, 0.15) is 0 Å². The Balaban J connectivity index is 2.14. The van der Waals surface area contributed by atoms with E-state index in [1.807, 2.05) is 36.4 Å². The van der Waals surface area contributed by atoms with E-state index in [4.69, 9.17) is 0 Å². The lowest BCUT2D eigenvalue weighted by Crippen LogP contribution is -2.50. The maximum absolute atomic E-state index is 13.2. The number of benzene rings is 2. The summed E-state index contributed by atoms with van der Waals surface area (Å²) in [7, 11) is -3.35. The summed E-state index contributed by atoms with van der Waals surface area (Å²) in [4.78, 5) is 0.473. The Morgan fingerprint density at radius 3 is 2.38 bits per heavy atom. The molecule has 0 radical (unpaired) electrons. The molecule has 26 heavy (non-hydrogen) atoms. The molecule has 1 N–H and O–H groups in total. The zero-order valence-corrected chi connectivity index (χ0v) is 16.7. The van der Waals surface area contributed by atoms with Crippen LogP contribution in [0.15, 0.2) is 59.5 Å². The van der Waals surface area contributed by atoms with Crippen molar-refractivity contribution in [2.24, 2.45) is 5.92 Å². The van der Waals surface area contributed by atoms with Crippen LogP contribution < -0.4 is 5.32 Å². The average molecular weight is 372 g/mol. The van der Waals surface area contributed by atoms with Crippen molar-refractivity contribution >= 4 is 9.84 Å². The van der Waals surface area contributed by atoms with E-state index in [2.05, 4.69) is 38.2 Å². The maximum atomic E-state index is 13.2. The number of sulfone groups is 1. The van der Waals surface area contributed by atoms with Crippen LogP contribution in [-0.4, -0.2) is 19.7 Å². The summed E-state index contributed by atoms with van der Waals surface area (Å²) in [6.07, 6.45) is 2.65. The molecule has 1 aliphatic rings. The Bertz CT molecular complexity index is 845. The molecule has 0 aromatic heterocycles. The highest BCUT2D eigenvalue weighted by Gasteiger charge is 2.41. The molecule has 0 aliphatic carbocycles. The molecule has 3 rings (SSSR count). The Morgan fingerprint density at radius 1 is 1.08 bits per heavy atom. The number of hydrogen-bond donors (Lipinski definition) is 1.